The van der Waals surface area contributed by atoms with Gasteiger partial charge in [-0.25, -0.2) is 0 Å². The predicted octanol–water partition coefficient (Wildman–Crippen LogP) is 2.24. The van der Waals surface area contributed by atoms with E-state index in [0.29, 0.717) is 10.6 Å². The Labute approximate surface area is 106 Å². The van der Waals surface area contributed by atoms with Gasteiger partial charge in [-0.3, -0.25) is 4.79 Å². The highest BCUT2D eigenvalue weighted by Crippen LogP contribution is 2.13. The van der Waals surface area contributed by atoms with Crippen molar-refractivity contribution in [3.8, 4) is 0 Å². The summed E-state index contributed by atoms with van der Waals surface area (Å²) in [6, 6.07) is 7.27. The molecule has 0 heterocycles. The fraction of sp³-hybridized carbons (Fsp3) is 0.308. The van der Waals surface area contributed by atoms with E-state index in [1.54, 1.807) is 32.1 Å². The molecule has 1 atom stereocenters. The molecule has 0 fully saturated rings. The maximum atomic E-state index is 11.6. The smallest absolute Gasteiger partial charge is 0.247 e. The Bertz CT molecular complexity index is 427. The van der Waals surface area contributed by atoms with Gasteiger partial charge in [-0.05, 0) is 37.6 Å². The van der Waals surface area contributed by atoms with Crippen LogP contribution in [0.4, 0.5) is 0 Å². The molecule has 0 aromatic heterocycles. The standard InChI is InChI=1S/C13H16ClNO2/c1-9(13(17)15-8-10(2)16)6-11-4-3-5-12(14)7-11/h3-7,10,16H,8H2,1-2H3,(H,15,17)/b9-6+. The lowest BCUT2D eigenvalue weighted by molar-refractivity contribution is -0.117. The minimum absolute atomic E-state index is 0.189. The molecule has 17 heavy (non-hydrogen) atoms. The molecular formula is C13H16ClNO2. The number of halogens is 1. The minimum Gasteiger partial charge on any atom is -0.392 e. The summed E-state index contributed by atoms with van der Waals surface area (Å²) >= 11 is 5.85. The molecule has 3 nitrogen and oxygen atoms in total. The lowest BCUT2D eigenvalue weighted by atomic mass is 10.1. The molecule has 1 amide bonds. The van der Waals surface area contributed by atoms with Crippen LogP contribution in [-0.4, -0.2) is 23.7 Å². The molecule has 0 aliphatic heterocycles. The zero-order valence-electron chi connectivity index (χ0n) is 9.90. The Hall–Kier alpha value is -1.32. The fourth-order valence-corrected chi connectivity index (χ4v) is 1.49. The van der Waals surface area contributed by atoms with Gasteiger partial charge in [0.05, 0.1) is 6.10 Å². The highest BCUT2D eigenvalue weighted by molar-refractivity contribution is 6.30. The van der Waals surface area contributed by atoms with Gasteiger partial charge in [-0.1, -0.05) is 23.7 Å². The van der Waals surface area contributed by atoms with E-state index < -0.39 is 6.10 Å². The highest BCUT2D eigenvalue weighted by atomic mass is 35.5. The number of hydrogen-bond donors (Lipinski definition) is 2. The molecule has 0 saturated heterocycles. The van der Waals surface area contributed by atoms with E-state index in [1.165, 1.54) is 0 Å². The number of carbonyl (C=O) groups excluding carboxylic acids is 1. The van der Waals surface area contributed by atoms with Crippen LogP contribution in [0.25, 0.3) is 6.08 Å². The van der Waals surface area contributed by atoms with Gasteiger partial charge in [0.25, 0.3) is 0 Å². The lowest BCUT2D eigenvalue weighted by Gasteiger charge is -2.07. The normalized spacial score (nSPS) is 13.3. The van der Waals surface area contributed by atoms with Crippen molar-refractivity contribution in [1.29, 1.82) is 0 Å². The van der Waals surface area contributed by atoms with Crippen molar-refractivity contribution in [2.45, 2.75) is 20.0 Å². The zero-order chi connectivity index (χ0) is 12.8. The number of benzene rings is 1. The molecule has 2 N–H and O–H groups in total. The van der Waals surface area contributed by atoms with Gasteiger partial charge < -0.3 is 10.4 Å². The minimum atomic E-state index is -0.544. The Morgan fingerprint density at radius 2 is 2.29 bits per heavy atom. The molecule has 1 aromatic carbocycles. The van der Waals surface area contributed by atoms with Crippen molar-refractivity contribution in [2.24, 2.45) is 0 Å². The third kappa shape index (κ3) is 5.02. The first-order valence-electron chi connectivity index (χ1n) is 5.39. The molecule has 1 aromatic rings. The molecule has 4 heteroatoms. The van der Waals surface area contributed by atoms with Crippen LogP contribution in [0.3, 0.4) is 0 Å². The van der Waals surface area contributed by atoms with Crippen LogP contribution in [0.1, 0.15) is 19.4 Å². The van der Waals surface area contributed by atoms with Crippen LogP contribution in [0.15, 0.2) is 29.8 Å². The van der Waals surface area contributed by atoms with Crippen LogP contribution in [-0.2, 0) is 4.79 Å². The first kappa shape index (κ1) is 13.7. The summed E-state index contributed by atoms with van der Waals surface area (Å²) < 4.78 is 0. The summed E-state index contributed by atoms with van der Waals surface area (Å²) in [7, 11) is 0. The van der Waals surface area contributed by atoms with Crippen molar-refractivity contribution in [3.63, 3.8) is 0 Å². The summed E-state index contributed by atoms with van der Waals surface area (Å²) in [5, 5.41) is 12.3. The number of amides is 1. The number of aliphatic hydroxyl groups excluding tert-OH is 1. The third-order valence-electron chi connectivity index (χ3n) is 2.15. The number of carbonyl (C=O) groups is 1. The Morgan fingerprint density at radius 3 is 2.88 bits per heavy atom. The molecule has 92 valence electrons. The number of hydrogen-bond acceptors (Lipinski definition) is 2. The SMILES string of the molecule is C/C(=C\c1cccc(Cl)c1)C(=O)NCC(C)O. The summed E-state index contributed by atoms with van der Waals surface area (Å²) in [4.78, 5) is 11.6. The Morgan fingerprint density at radius 1 is 1.59 bits per heavy atom. The van der Waals surface area contributed by atoms with Gasteiger partial charge in [-0.15, -0.1) is 0 Å². The predicted molar refractivity (Wildman–Crippen MR) is 69.8 cm³/mol. The van der Waals surface area contributed by atoms with Crippen molar-refractivity contribution in [3.05, 3.63) is 40.4 Å². The van der Waals surface area contributed by atoms with E-state index in [0.717, 1.165) is 5.56 Å². The van der Waals surface area contributed by atoms with E-state index >= 15 is 0 Å². The van der Waals surface area contributed by atoms with Crippen LogP contribution < -0.4 is 5.32 Å². The molecule has 0 radical (unpaired) electrons. The summed E-state index contributed by atoms with van der Waals surface area (Å²) in [5.41, 5.74) is 1.45. The zero-order valence-corrected chi connectivity index (χ0v) is 10.7. The average Bonchev–Trinajstić information content (AvgIpc) is 2.25. The Kier molecular flexibility index (Phi) is 5.19. The fourth-order valence-electron chi connectivity index (χ4n) is 1.29. The number of nitrogens with one attached hydrogen (secondary N) is 1. The first-order chi connectivity index (χ1) is 7.99. The van der Waals surface area contributed by atoms with E-state index in [9.17, 15) is 4.79 Å². The average molecular weight is 254 g/mol. The summed E-state index contributed by atoms with van der Waals surface area (Å²) in [6.07, 6.45) is 1.21. The second kappa shape index (κ2) is 6.42. The third-order valence-corrected chi connectivity index (χ3v) is 2.38. The molecule has 1 unspecified atom stereocenters. The molecule has 0 bridgehead atoms. The van der Waals surface area contributed by atoms with E-state index in [2.05, 4.69) is 5.32 Å². The van der Waals surface area contributed by atoms with E-state index in [1.807, 2.05) is 12.1 Å². The van der Waals surface area contributed by atoms with Crippen LogP contribution in [0.5, 0.6) is 0 Å². The largest absolute Gasteiger partial charge is 0.392 e. The van der Waals surface area contributed by atoms with Gasteiger partial charge in [0, 0.05) is 17.1 Å². The highest BCUT2D eigenvalue weighted by Gasteiger charge is 2.05. The van der Waals surface area contributed by atoms with Gasteiger partial charge in [-0.2, -0.15) is 0 Å². The van der Waals surface area contributed by atoms with Gasteiger partial charge in [0.15, 0.2) is 0 Å². The molecule has 1 rings (SSSR count). The summed E-state index contributed by atoms with van der Waals surface area (Å²) in [6.45, 7) is 3.59. The number of aliphatic hydroxyl groups is 1. The summed E-state index contributed by atoms with van der Waals surface area (Å²) in [5.74, 6) is -0.189. The topological polar surface area (TPSA) is 49.3 Å². The van der Waals surface area contributed by atoms with Crippen molar-refractivity contribution < 1.29 is 9.90 Å². The molecule has 0 aliphatic rings. The van der Waals surface area contributed by atoms with Crippen molar-refractivity contribution >= 4 is 23.6 Å². The molecule has 0 spiro atoms. The lowest BCUT2D eigenvalue weighted by Crippen LogP contribution is -2.30. The van der Waals surface area contributed by atoms with Gasteiger partial charge >= 0.3 is 0 Å². The van der Waals surface area contributed by atoms with E-state index in [4.69, 9.17) is 16.7 Å². The maximum Gasteiger partial charge on any atom is 0.247 e. The van der Waals surface area contributed by atoms with Crippen LogP contribution in [0.2, 0.25) is 5.02 Å². The second-order valence-corrected chi connectivity index (χ2v) is 4.38. The number of rotatable bonds is 4. The molecule has 0 saturated carbocycles. The Balaban J connectivity index is 2.68. The molecule has 0 aliphatic carbocycles. The van der Waals surface area contributed by atoms with Gasteiger partial charge in [0.2, 0.25) is 5.91 Å². The monoisotopic (exact) mass is 253 g/mol. The van der Waals surface area contributed by atoms with Crippen LogP contribution >= 0.6 is 11.6 Å². The van der Waals surface area contributed by atoms with Crippen molar-refractivity contribution in [2.75, 3.05) is 6.54 Å². The van der Waals surface area contributed by atoms with Gasteiger partial charge in [0.1, 0.15) is 0 Å². The van der Waals surface area contributed by atoms with Crippen molar-refractivity contribution in [1.82, 2.24) is 5.32 Å². The first-order valence-corrected chi connectivity index (χ1v) is 5.77. The maximum absolute atomic E-state index is 11.6. The second-order valence-electron chi connectivity index (χ2n) is 3.94. The quantitative estimate of drug-likeness (QED) is 0.809. The molecular weight excluding hydrogens is 238 g/mol. The van der Waals surface area contributed by atoms with E-state index in [-0.39, 0.29) is 12.5 Å². The van der Waals surface area contributed by atoms with Crippen LogP contribution in [0, 0.1) is 0 Å².